The Bertz CT molecular complexity index is 1060. The van der Waals surface area contributed by atoms with Crippen molar-refractivity contribution in [1.82, 2.24) is 24.6 Å². The molecule has 0 saturated heterocycles. The molecule has 7 nitrogen and oxygen atoms in total. The highest BCUT2D eigenvalue weighted by atomic mass is 19.3. The minimum absolute atomic E-state index is 0.0379. The van der Waals surface area contributed by atoms with Crippen molar-refractivity contribution in [2.24, 2.45) is 0 Å². The molecule has 4 aromatic rings. The summed E-state index contributed by atoms with van der Waals surface area (Å²) in [5.41, 5.74) is 0.729. The van der Waals surface area contributed by atoms with Crippen molar-refractivity contribution in [3.8, 4) is 17.2 Å². The lowest BCUT2D eigenvalue weighted by atomic mass is 10.2. The molecule has 28 heavy (non-hydrogen) atoms. The normalized spacial score (nSPS) is 10.8. The van der Waals surface area contributed by atoms with E-state index in [1.54, 1.807) is 35.1 Å². The average molecular weight is 391 g/mol. The predicted molar refractivity (Wildman–Crippen MR) is 93.3 cm³/mol. The number of aromatic nitrogens is 5. The van der Waals surface area contributed by atoms with Crippen molar-refractivity contribution in [3.05, 3.63) is 60.4 Å². The Morgan fingerprint density at radius 2 is 2.00 bits per heavy atom. The summed E-state index contributed by atoms with van der Waals surface area (Å²) in [5.74, 6) is -1.28. The molecule has 0 fully saturated rings. The summed E-state index contributed by atoms with van der Waals surface area (Å²) in [5, 5.41) is 6.65. The van der Waals surface area contributed by atoms with Gasteiger partial charge in [0.15, 0.2) is 11.4 Å². The van der Waals surface area contributed by atoms with Crippen molar-refractivity contribution < 1.29 is 22.3 Å². The zero-order chi connectivity index (χ0) is 20.1. The van der Waals surface area contributed by atoms with Crippen LogP contribution in [0.4, 0.5) is 13.2 Å². The molecule has 10 heteroatoms. The van der Waals surface area contributed by atoms with Gasteiger partial charge in [0.1, 0.15) is 18.1 Å². The van der Waals surface area contributed by atoms with Crippen molar-refractivity contribution >= 4 is 5.65 Å². The number of alkyl halides is 2. The summed E-state index contributed by atoms with van der Waals surface area (Å²) in [6.07, 6.45) is 3.54. The third-order valence-corrected chi connectivity index (χ3v) is 3.54. The summed E-state index contributed by atoms with van der Waals surface area (Å²) in [4.78, 5) is 8.11. The van der Waals surface area contributed by atoms with Gasteiger partial charge in [-0.2, -0.15) is 8.78 Å². The van der Waals surface area contributed by atoms with Crippen molar-refractivity contribution in [1.29, 1.82) is 0 Å². The average Bonchev–Trinajstić information content (AvgIpc) is 3.38. The van der Waals surface area contributed by atoms with Gasteiger partial charge < -0.3 is 13.6 Å². The van der Waals surface area contributed by atoms with Crippen LogP contribution in [0.3, 0.4) is 0 Å². The summed E-state index contributed by atoms with van der Waals surface area (Å²) in [6, 6.07) is 4.55. The summed E-state index contributed by atoms with van der Waals surface area (Å²) < 4.78 is 51.3. The number of fused-ring (bicyclic) bond motifs is 1. The maximum absolute atomic E-state index is 14.3. The van der Waals surface area contributed by atoms with Crippen LogP contribution >= 0.6 is 0 Å². The first-order chi connectivity index (χ1) is 13.6. The molecule has 4 rings (SSSR count). The number of nitrogens with zero attached hydrogens (tertiary/aromatic N) is 5. The van der Waals surface area contributed by atoms with Crippen molar-refractivity contribution in [2.75, 3.05) is 0 Å². The van der Waals surface area contributed by atoms with Crippen LogP contribution in [0.1, 0.15) is 31.9 Å². The zero-order valence-electron chi connectivity index (χ0n) is 15.0. The van der Waals surface area contributed by atoms with Gasteiger partial charge in [0.2, 0.25) is 5.89 Å². The highest BCUT2D eigenvalue weighted by Crippen LogP contribution is 2.24. The maximum atomic E-state index is 14.3. The van der Waals surface area contributed by atoms with Gasteiger partial charge in [-0.1, -0.05) is 13.8 Å². The number of pyridine rings is 2. The highest BCUT2D eigenvalue weighted by molar-refractivity contribution is 5.53. The van der Waals surface area contributed by atoms with Gasteiger partial charge in [-0.05, 0) is 18.2 Å². The third-order valence-electron chi connectivity index (χ3n) is 3.54. The van der Waals surface area contributed by atoms with E-state index in [9.17, 15) is 13.2 Å². The van der Waals surface area contributed by atoms with Crippen LogP contribution in [-0.4, -0.2) is 24.6 Å². The maximum Gasteiger partial charge on any atom is 0.314 e. The van der Waals surface area contributed by atoms with Gasteiger partial charge in [0.25, 0.3) is 5.89 Å². The number of hydrogen-bond donors (Lipinski definition) is 0. The van der Waals surface area contributed by atoms with Crippen LogP contribution in [-0.2, 0) is 6.61 Å². The Labute approximate surface area is 157 Å². The van der Waals surface area contributed by atoms with Crippen LogP contribution in [0, 0.1) is 5.82 Å². The second kappa shape index (κ2) is 8.51. The van der Waals surface area contributed by atoms with Gasteiger partial charge in [-0.15, -0.1) is 10.2 Å². The SMILES string of the molecule is CC.Fc1cc(-c2nnc(C(F)F)o2)cnc1COc1cccn2ccnc12. The van der Waals surface area contributed by atoms with Gasteiger partial charge in [-0.25, -0.2) is 9.37 Å². The first-order valence-corrected chi connectivity index (χ1v) is 8.42. The molecule has 0 amide bonds. The standard InChI is InChI=1S/C16H10F3N5O2.C2H6/c17-10-6-9(15-22-23-16(26-15)13(18)19)7-21-11(10)8-25-12-2-1-4-24-5-3-20-14(12)24;1-2/h1-7,13H,8H2;1-2H3. The van der Waals surface area contributed by atoms with Gasteiger partial charge in [0.05, 0.1) is 5.56 Å². The molecular formula is C18H16F3N5O2. The minimum atomic E-state index is -2.90. The molecule has 4 heterocycles. The van der Waals surface area contributed by atoms with E-state index in [1.165, 1.54) is 6.20 Å². The van der Waals surface area contributed by atoms with E-state index in [2.05, 4.69) is 20.2 Å². The quantitative estimate of drug-likeness (QED) is 0.500. The monoisotopic (exact) mass is 391 g/mol. The van der Waals surface area contributed by atoms with Crippen molar-refractivity contribution in [2.45, 2.75) is 26.9 Å². The van der Waals surface area contributed by atoms with E-state index >= 15 is 0 Å². The van der Waals surface area contributed by atoms with E-state index in [1.807, 2.05) is 13.8 Å². The van der Waals surface area contributed by atoms with Crippen LogP contribution in [0.15, 0.2) is 47.4 Å². The molecule has 0 aliphatic rings. The summed E-state index contributed by atoms with van der Waals surface area (Å²) in [6.45, 7) is 3.87. The lowest BCUT2D eigenvalue weighted by Crippen LogP contribution is -2.03. The summed E-state index contributed by atoms with van der Waals surface area (Å²) in [7, 11) is 0. The Kier molecular flexibility index (Phi) is 5.87. The molecule has 0 aliphatic heterocycles. The van der Waals surface area contributed by atoms with E-state index < -0.39 is 18.1 Å². The Hall–Kier alpha value is -3.43. The highest BCUT2D eigenvalue weighted by Gasteiger charge is 2.18. The van der Waals surface area contributed by atoms with Crippen LogP contribution in [0.25, 0.3) is 17.1 Å². The number of rotatable bonds is 5. The first kappa shape index (κ1) is 19.3. The van der Waals surface area contributed by atoms with Crippen LogP contribution in [0.2, 0.25) is 0 Å². The summed E-state index contributed by atoms with van der Waals surface area (Å²) >= 11 is 0. The van der Waals surface area contributed by atoms with Gasteiger partial charge in [-0.3, -0.25) is 4.98 Å². The molecule has 0 N–H and O–H groups in total. The zero-order valence-corrected chi connectivity index (χ0v) is 15.0. The molecule has 0 aromatic carbocycles. The number of halogens is 3. The van der Waals surface area contributed by atoms with E-state index in [0.717, 1.165) is 6.07 Å². The van der Waals surface area contributed by atoms with Crippen LogP contribution in [0.5, 0.6) is 5.75 Å². The molecule has 0 bridgehead atoms. The number of imidazole rings is 1. The second-order valence-corrected chi connectivity index (χ2v) is 5.22. The Morgan fingerprint density at radius 3 is 2.71 bits per heavy atom. The fourth-order valence-electron chi connectivity index (χ4n) is 2.31. The third kappa shape index (κ3) is 3.95. The molecule has 0 radical (unpaired) electrons. The predicted octanol–water partition coefficient (Wildman–Crippen LogP) is 4.46. The molecule has 0 atom stereocenters. The number of ether oxygens (including phenoxy) is 1. The van der Waals surface area contributed by atoms with Crippen molar-refractivity contribution in [3.63, 3.8) is 0 Å². The fourth-order valence-corrected chi connectivity index (χ4v) is 2.31. The largest absolute Gasteiger partial charge is 0.483 e. The molecule has 146 valence electrons. The van der Waals surface area contributed by atoms with Gasteiger partial charge >= 0.3 is 6.43 Å². The molecule has 0 unspecified atom stereocenters. The molecule has 0 saturated carbocycles. The minimum Gasteiger partial charge on any atom is -0.483 e. The fraction of sp³-hybridized carbons (Fsp3) is 0.222. The van der Waals surface area contributed by atoms with Gasteiger partial charge in [0, 0.05) is 24.8 Å². The molecule has 0 aliphatic carbocycles. The van der Waals surface area contributed by atoms with Crippen LogP contribution < -0.4 is 4.74 Å². The smallest absolute Gasteiger partial charge is 0.314 e. The molecule has 4 aromatic heterocycles. The molecular weight excluding hydrogens is 375 g/mol. The number of hydrogen-bond acceptors (Lipinski definition) is 6. The van der Waals surface area contributed by atoms with E-state index in [-0.39, 0.29) is 23.8 Å². The van der Waals surface area contributed by atoms with E-state index in [4.69, 9.17) is 9.15 Å². The lowest BCUT2D eigenvalue weighted by molar-refractivity contribution is 0.116. The second-order valence-electron chi connectivity index (χ2n) is 5.22. The topological polar surface area (TPSA) is 78.3 Å². The lowest BCUT2D eigenvalue weighted by Gasteiger charge is -2.08. The Morgan fingerprint density at radius 1 is 1.18 bits per heavy atom. The first-order valence-electron chi connectivity index (χ1n) is 8.42. The van der Waals surface area contributed by atoms with E-state index in [0.29, 0.717) is 11.4 Å². The molecule has 0 spiro atoms. The Balaban J connectivity index is 0.00000109.